The Morgan fingerprint density at radius 2 is 1.78 bits per heavy atom. The average molecular weight is 426 g/mol. The number of aromatic nitrogens is 3. The Kier molecular flexibility index (Phi) is 5.53. The quantitative estimate of drug-likeness (QED) is 0.507. The van der Waals surface area contributed by atoms with Crippen LogP contribution in [0.4, 0.5) is 0 Å². The van der Waals surface area contributed by atoms with E-state index < -0.39 is 6.10 Å². The smallest absolute Gasteiger partial charge is 0.267 e. The van der Waals surface area contributed by atoms with E-state index in [-0.39, 0.29) is 12.5 Å². The Balaban J connectivity index is 1.37. The van der Waals surface area contributed by atoms with E-state index in [0.717, 1.165) is 22.6 Å². The van der Waals surface area contributed by atoms with Gasteiger partial charge in [-0.15, -0.1) is 0 Å². The Bertz CT molecular complexity index is 1190. The van der Waals surface area contributed by atoms with Crippen LogP contribution >= 0.6 is 0 Å². The predicted molar refractivity (Wildman–Crippen MR) is 119 cm³/mol. The maximum absolute atomic E-state index is 13.5. The summed E-state index contributed by atoms with van der Waals surface area (Å²) in [6.07, 6.45) is 4.51. The molecule has 0 saturated carbocycles. The number of nitrogens with zero attached hydrogens (tertiary/aromatic N) is 3. The molecule has 0 bridgehead atoms. The molecule has 7 heteroatoms. The molecule has 5 rings (SSSR count). The van der Waals surface area contributed by atoms with Crippen LogP contribution in [0.15, 0.2) is 85.3 Å². The fourth-order valence-corrected chi connectivity index (χ4v) is 3.66. The monoisotopic (exact) mass is 426 g/mol. The highest BCUT2D eigenvalue weighted by molar-refractivity contribution is 5.82. The Morgan fingerprint density at radius 1 is 0.969 bits per heavy atom. The Labute approximate surface area is 185 Å². The number of imidazole rings is 1. The highest BCUT2D eigenvalue weighted by atomic mass is 16.6. The lowest BCUT2D eigenvalue weighted by Gasteiger charge is -2.30. The molecule has 1 unspecified atom stereocenters. The molecule has 3 heterocycles. The molecule has 1 N–H and O–H groups in total. The third-order valence-electron chi connectivity index (χ3n) is 5.23. The summed E-state index contributed by atoms with van der Waals surface area (Å²) in [5, 5.41) is 0. The SMILES string of the molecule is O=C(C1COc2ccccc2O1)N(Cc1cccnc1)Cc1cnc(-c2ccccc2)[nH]1. The number of fused-ring (bicyclic) bond motifs is 1. The number of carbonyl (C=O) groups is 1. The van der Waals surface area contributed by atoms with Crippen molar-refractivity contribution in [2.24, 2.45) is 0 Å². The number of carbonyl (C=O) groups excluding carboxylic acids is 1. The molecule has 2 aromatic carbocycles. The molecule has 1 atom stereocenters. The van der Waals surface area contributed by atoms with Gasteiger partial charge in [0.2, 0.25) is 6.10 Å². The lowest BCUT2D eigenvalue weighted by Crippen LogP contribution is -2.45. The molecule has 1 aliphatic rings. The number of para-hydroxylation sites is 2. The highest BCUT2D eigenvalue weighted by Crippen LogP contribution is 2.31. The van der Waals surface area contributed by atoms with E-state index in [0.29, 0.717) is 24.6 Å². The van der Waals surface area contributed by atoms with Crippen LogP contribution in [0.1, 0.15) is 11.3 Å². The van der Waals surface area contributed by atoms with E-state index in [2.05, 4.69) is 15.0 Å². The molecule has 0 radical (unpaired) electrons. The molecule has 32 heavy (non-hydrogen) atoms. The van der Waals surface area contributed by atoms with E-state index in [1.165, 1.54) is 0 Å². The van der Waals surface area contributed by atoms with E-state index in [1.54, 1.807) is 29.6 Å². The van der Waals surface area contributed by atoms with Crippen LogP contribution in [0.5, 0.6) is 11.5 Å². The minimum Gasteiger partial charge on any atom is -0.485 e. The van der Waals surface area contributed by atoms with Crippen molar-refractivity contribution < 1.29 is 14.3 Å². The fraction of sp³-hybridized carbons (Fsp3) is 0.160. The van der Waals surface area contributed by atoms with Gasteiger partial charge in [0.15, 0.2) is 11.5 Å². The number of nitrogens with one attached hydrogen (secondary N) is 1. The van der Waals surface area contributed by atoms with Crippen LogP contribution in [0.2, 0.25) is 0 Å². The number of rotatable bonds is 6. The molecule has 7 nitrogen and oxygen atoms in total. The van der Waals surface area contributed by atoms with E-state index in [9.17, 15) is 4.79 Å². The van der Waals surface area contributed by atoms with E-state index >= 15 is 0 Å². The van der Waals surface area contributed by atoms with Gasteiger partial charge in [0.1, 0.15) is 12.4 Å². The molecule has 4 aromatic rings. The zero-order chi connectivity index (χ0) is 21.8. The van der Waals surface area contributed by atoms with Gasteiger partial charge in [-0.1, -0.05) is 48.5 Å². The minimum absolute atomic E-state index is 0.154. The molecule has 0 spiro atoms. The van der Waals surface area contributed by atoms with Crippen molar-refractivity contribution in [3.8, 4) is 22.9 Å². The second-order valence-electron chi connectivity index (χ2n) is 7.54. The molecular formula is C25H22N4O3. The molecule has 0 saturated heterocycles. The lowest BCUT2D eigenvalue weighted by atomic mass is 10.2. The van der Waals surface area contributed by atoms with Gasteiger partial charge in [-0.3, -0.25) is 9.78 Å². The maximum atomic E-state index is 13.5. The molecule has 1 aliphatic heterocycles. The normalized spacial score (nSPS) is 14.7. The second kappa shape index (κ2) is 8.93. The van der Waals surface area contributed by atoms with Gasteiger partial charge in [0.05, 0.1) is 18.4 Å². The first kappa shape index (κ1) is 19.8. The fourth-order valence-electron chi connectivity index (χ4n) is 3.66. The van der Waals surface area contributed by atoms with Crippen LogP contribution in [0.25, 0.3) is 11.4 Å². The van der Waals surface area contributed by atoms with Gasteiger partial charge in [0.25, 0.3) is 5.91 Å². The van der Waals surface area contributed by atoms with Crippen LogP contribution in [-0.2, 0) is 17.9 Å². The summed E-state index contributed by atoms with van der Waals surface area (Å²) < 4.78 is 11.7. The minimum atomic E-state index is -0.724. The molecule has 160 valence electrons. The highest BCUT2D eigenvalue weighted by Gasteiger charge is 2.31. The largest absolute Gasteiger partial charge is 0.485 e. The second-order valence-corrected chi connectivity index (χ2v) is 7.54. The lowest BCUT2D eigenvalue weighted by molar-refractivity contribution is -0.142. The van der Waals surface area contributed by atoms with Crippen LogP contribution in [-0.4, -0.2) is 38.5 Å². The zero-order valence-corrected chi connectivity index (χ0v) is 17.3. The van der Waals surface area contributed by atoms with Crippen molar-refractivity contribution in [1.29, 1.82) is 0 Å². The van der Waals surface area contributed by atoms with Gasteiger partial charge in [-0.25, -0.2) is 4.98 Å². The number of benzene rings is 2. The predicted octanol–water partition coefficient (Wildman–Crippen LogP) is 3.84. The standard InChI is InChI=1S/C25H22N4O3/c30-25(23-17-31-21-10-4-5-11-22(21)32-23)29(15-18-7-6-12-26-13-18)16-20-14-27-24(28-20)19-8-2-1-3-9-19/h1-14,23H,15-17H2,(H,27,28). The maximum Gasteiger partial charge on any atom is 0.267 e. The van der Waals surface area contributed by atoms with Gasteiger partial charge < -0.3 is 19.4 Å². The number of pyridine rings is 1. The van der Waals surface area contributed by atoms with Gasteiger partial charge in [-0.2, -0.15) is 0 Å². The summed E-state index contributed by atoms with van der Waals surface area (Å²) in [7, 11) is 0. The third-order valence-corrected chi connectivity index (χ3v) is 5.23. The van der Waals surface area contributed by atoms with Crippen LogP contribution in [0.3, 0.4) is 0 Å². The first-order valence-corrected chi connectivity index (χ1v) is 10.4. The van der Waals surface area contributed by atoms with Crippen molar-refractivity contribution in [2.45, 2.75) is 19.2 Å². The van der Waals surface area contributed by atoms with Crippen molar-refractivity contribution in [3.05, 3.63) is 96.6 Å². The molecule has 0 aliphatic carbocycles. The van der Waals surface area contributed by atoms with Crippen molar-refractivity contribution >= 4 is 5.91 Å². The number of H-pyrrole nitrogens is 1. The van der Waals surface area contributed by atoms with Crippen molar-refractivity contribution in [2.75, 3.05) is 6.61 Å². The van der Waals surface area contributed by atoms with Crippen LogP contribution in [0, 0.1) is 0 Å². The summed E-state index contributed by atoms with van der Waals surface area (Å²) in [5.41, 5.74) is 2.75. The summed E-state index contributed by atoms with van der Waals surface area (Å²) in [6, 6.07) is 21.1. The van der Waals surface area contributed by atoms with Crippen LogP contribution < -0.4 is 9.47 Å². The molecule has 0 fully saturated rings. The van der Waals surface area contributed by atoms with Gasteiger partial charge in [-0.05, 0) is 23.8 Å². The Morgan fingerprint density at radius 3 is 2.59 bits per heavy atom. The summed E-state index contributed by atoms with van der Waals surface area (Å²) >= 11 is 0. The number of amides is 1. The van der Waals surface area contributed by atoms with E-state index in [1.807, 2.05) is 60.7 Å². The third kappa shape index (κ3) is 4.32. The van der Waals surface area contributed by atoms with Crippen molar-refractivity contribution in [3.63, 3.8) is 0 Å². The van der Waals surface area contributed by atoms with Gasteiger partial charge in [0, 0.05) is 24.5 Å². The summed E-state index contributed by atoms with van der Waals surface area (Å²) in [4.78, 5) is 27.2. The molecule has 2 aromatic heterocycles. The number of aromatic amines is 1. The van der Waals surface area contributed by atoms with E-state index in [4.69, 9.17) is 9.47 Å². The summed E-state index contributed by atoms with van der Waals surface area (Å²) in [5.74, 6) is 1.84. The average Bonchev–Trinajstić information content (AvgIpc) is 3.33. The Hall–Kier alpha value is -4.13. The van der Waals surface area contributed by atoms with Crippen molar-refractivity contribution in [1.82, 2.24) is 19.9 Å². The zero-order valence-electron chi connectivity index (χ0n) is 17.3. The number of ether oxygens (including phenoxy) is 2. The topological polar surface area (TPSA) is 80.3 Å². The van der Waals surface area contributed by atoms with Gasteiger partial charge >= 0.3 is 0 Å². The first-order chi connectivity index (χ1) is 15.8. The summed E-state index contributed by atoms with van der Waals surface area (Å²) in [6.45, 7) is 0.917. The number of hydrogen-bond donors (Lipinski definition) is 1. The first-order valence-electron chi connectivity index (χ1n) is 10.4. The number of hydrogen-bond acceptors (Lipinski definition) is 5. The molecule has 1 amide bonds. The molecular weight excluding hydrogens is 404 g/mol.